The van der Waals surface area contributed by atoms with Gasteiger partial charge in [0, 0.05) is 13.0 Å². The molecule has 0 aliphatic carbocycles. The zero-order valence-corrected chi connectivity index (χ0v) is 6.54. The second-order valence-electron chi connectivity index (χ2n) is 2.16. The fourth-order valence-corrected chi connectivity index (χ4v) is 0.705. The van der Waals surface area contributed by atoms with Crippen LogP contribution in [0.1, 0.15) is 22.7 Å². The Morgan fingerprint density at radius 3 is 3.00 bits per heavy atom. The second-order valence-corrected chi connectivity index (χ2v) is 2.16. The van der Waals surface area contributed by atoms with E-state index in [0.29, 0.717) is 30.8 Å². The number of furan rings is 1. The molecule has 0 unspecified atom stereocenters. The third-order valence-corrected chi connectivity index (χ3v) is 1.22. The van der Waals surface area contributed by atoms with Gasteiger partial charge in [0.2, 0.25) is 0 Å². The maximum absolute atomic E-state index is 10.2. The van der Waals surface area contributed by atoms with Crippen LogP contribution in [-0.4, -0.2) is 12.8 Å². The first-order valence-corrected chi connectivity index (χ1v) is 3.61. The highest BCUT2D eigenvalue weighted by Crippen LogP contribution is 2.03. The molecule has 62 valence electrons. The standard InChI is InChI=1S/C9H9NO2/c10-6-2-1-3-8-4-5-9(7-11)12-8/h4-5,7H,2,6,10H2. The van der Waals surface area contributed by atoms with Crippen molar-refractivity contribution in [2.24, 2.45) is 5.73 Å². The van der Waals surface area contributed by atoms with Crippen LogP contribution < -0.4 is 5.73 Å². The van der Waals surface area contributed by atoms with Crippen LogP contribution in [0, 0.1) is 11.8 Å². The number of nitrogens with two attached hydrogens (primary N) is 1. The SMILES string of the molecule is NCCC#Cc1ccc(C=O)o1. The molecular formula is C9H9NO2. The van der Waals surface area contributed by atoms with Crippen molar-refractivity contribution in [3.8, 4) is 11.8 Å². The van der Waals surface area contributed by atoms with Gasteiger partial charge in [-0.15, -0.1) is 0 Å². The van der Waals surface area contributed by atoms with Crippen LogP contribution in [0.3, 0.4) is 0 Å². The van der Waals surface area contributed by atoms with Crippen molar-refractivity contribution in [3.63, 3.8) is 0 Å². The molecule has 1 heterocycles. The molecule has 0 amide bonds. The van der Waals surface area contributed by atoms with Crippen molar-refractivity contribution in [1.82, 2.24) is 0 Å². The van der Waals surface area contributed by atoms with E-state index in [1.807, 2.05) is 0 Å². The molecule has 0 aliphatic heterocycles. The lowest BCUT2D eigenvalue weighted by molar-refractivity contribution is 0.110. The average Bonchev–Trinajstić information content (AvgIpc) is 2.53. The van der Waals surface area contributed by atoms with Crippen molar-refractivity contribution >= 4 is 6.29 Å². The second kappa shape index (κ2) is 4.37. The predicted molar refractivity (Wildman–Crippen MR) is 44.6 cm³/mol. The van der Waals surface area contributed by atoms with E-state index in [2.05, 4.69) is 11.8 Å². The van der Waals surface area contributed by atoms with Crippen molar-refractivity contribution in [1.29, 1.82) is 0 Å². The Labute approximate surface area is 70.6 Å². The summed E-state index contributed by atoms with van der Waals surface area (Å²) in [5.74, 6) is 6.35. The van der Waals surface area contributed by atoms with E-state index in [4.69, 9.17) is 10.2 Å². The topological polar surface area (TPSA) is 56.2 Å². The molecule has 0 fully saturated rings. The van der Waals surface area contributed by atoms with Gasteiger partial charge in [0.1, 0.15) is 0 Å². The number of carbonyl (C=O) groups excluding carboxylic acids is 1. The van der Waals surface area contributed by atoms with Crippen LogP contribution in [-0.2, 0) is 0 Å². The zero-order chi connectivity index (χ0) is 8.81. The molecule has 2 N–H and O–H groups in total. The summed E-state index contributed by atoms with van der Waals surface area (Å²) in [4.78, 5) is 10.2. The first-order valence-electron chi connectivity index (χ1n) is 3.61. The number of hydrogen-bond acceptors (Lipinski definition) is 3. The quantitative estimate of drug-likeness (QED) is 0.518. The molecule has 0 atom stereocenters. The van der Waals surface area contributed by atoms with Gasteiger partial charge in [-0.1, -0.05) is 5.92 Å². The van der Waals surface area contributed by atoms with Gasteiger partial charge in [-0.25, -0.2) is 0 Å². The van der Waals surface area contributed by atoms with Crippen molar-refractivity contribution < 1.29 is 9.21 Å². The van der Waals surface area contributed by atoms with Gasteiger partial charge in [0.05, 0.1) is 0 Å². The van der Waals surface area contributed by atoms with Gasteiger partial charge in [-0.3, -0.25) is 4.79 Å². The molecule has 0 aromatic carbocycles. The van der Waals surface area contributed by atoms with E-state index in [0.717, 1.165) is 0 Å². The molecule has 1 aromatic heterocycles. The highest BCUT2D eigenvalue weighted by atomic mass is 16.3. The summed E-state index contributed by atoms with van der Waals surface area (Å²) in [7, 11) is 0. The summed E-state index contributed by atoms with van der Waals surface area (Å²) < 4.78 is 5.00. The van der Waals surface area contributed by atoms with E-state index >= 15 is 0 Å². The van der Waals surface area contributed by atoms with Crippen molar-refractivity contribution in [2.75, 3.05) is 6.54 Å². The van der Waals surface area contributed by atoms with Gasteiger partial charge in [0.15, 0.2) is 17.8 Å². The van der Waals surface area contributed by atoms with Gasteiger partial charge in [-0.2, -0.15) is 0 Å². The minimum Gasteiger partial charge on any atom is -0.445 e. The maximum atomic E-state index is 10.2. The summed E-state index contributed by atoms with van der Waals surface area (Å²) >= 11 is 0. The van der Waals surface area contributed by atoms with E-state index in [1.54, 1.807) is 12.1 Å². The molecule has 3 nitrogen and oxygen atoms in total. The lowest BCUT2D eigenvalue weighted by atomic mass is 10.4. The minimum atomic E-state index is 0.298. The van der Waals surface area contributed by atoms with Gasteiger partial charge >= 0.3 is 0 Å². The van der Waals surface area contributed by atoms with E-state index < -0.39 is 0 Å². The van der Waals surface area contributed by atoms with Crippen LogP contribution in [0.2, 0.25) is 0 Å². The Balaban J connectivity index is 2.65. The Bertz CT molecular complexity index is 317. The predicted octanol–water partition coefficient (Wildman–Crippen LogP) is 0.792. The van der Waals surface area contributed by atoms with Crippen LogP contribution in [0.15, 0.2) is 16.5 Å². The molecular weight excluding hydrogens is 154 g/mol. The smallest absolute Gasteiger partial charge is 0.185 e. The molecule has 0 radical (unpaired) electrons. The average molecular weight is 163 g/mol. The molecule has 0 saturated heterocycles. The summed E-state index contributed by atoms with van der Waals surface area (Å²) in [5, 5.41) is 0. The van der Waals surface area contributed by atoms with Gasteiger partial charge in [-0.05, 0) is 18.1 Å². The minimum absolute atomic E-state index is 0.298. The van der Waals surface area contributed by atoms with Crippen molar-refractivity contribution in [3.05, 3.63) is 23.7 Å². The molecule has 0 saturated carbocycles. The van der Waals surface area contributed by atoms with E-state index in [9.17, 15) is 4.79 Å². The number of aldehydes is 1. The number of hydrogen-bond donors (Lipinski definition) is 1. The van der Waals surface area contributed by atoms with Gasteiger partial charge < -0.3 is 10.2 Å². The fraction of sp³-hybridized carbons (Fsp3) is 0.222. The summed E-state index contributed by atoms with van der Waals surface area (Å²) in [6.07, 6.45) is 1.28. The summed E-state index contributed by atoms with van der Waals surface area (Å²) in [5.41, 5.74) is 5.23. The maximum Gasteiger partial charge on any atom is 0.185 e. The van der Waals surface area contributed by atoms with E-state index in [-0.39, 0.29) is 0 Å². The van der Waals surface area contributed by atoms with Crippen molar-refractivity contribution in [2.45, 2.75) is 6.42 Å². The Hall–Kier alpha value is -1.53. The Kier molecular flexibility index (Phi) is 3.12. The van der Waals surface area contributed by atoms with Gasteiger partial charge in [0.25, 0.3) is 0 Å². The third-order valence-electron chi connectivity index (χ3n) is 1.22. The molecule has 1 rings (SSSR count). The molecule has 3 heteroatoms. The lowest BCUT2D eigenvalue weighted by Crippen LogP contribution is -1.95. The normalized spacial score (nSPS) is 8.75. The third kappa shape index (κ3) is 2.26. The highest BCUT2D eigenvalue weighted by molar-refractivity contribution is 5.70. The number of carbonyl (C=O) groups is 1. The fourth-order valence-electron chi connectivity index (χ4n) is 0.705. The summed E-state index contributed by atoms with van der Waals surface area (Å²) in [6.45, 7) is 0.536. The molecule has 1 aromatic rings. The monoisotopic (exact) mass is 163 g/mol. The number of rotatable bonds is 2. The molecule has 0 bridgehead atoms. The molecule has 0 aliphatic rings. The van der Waals surface area contributed by atoms with Crippen LogP contribution in [0.25, 0.3) is 0 Å². The largest absolute Gasteiger partial charge is 0.445 e. The van der Waals surface area contributed by atoms with Crippen LogP contribution >= 0.6 is 0 Å². The lowest BCUT2D eigenvalue weighted by Gasteiger charge is -1.80. The van der Waals surface area contributed by atoms with E-state index in [1.165, 1.54) is 0 Å². The first-order chi connectivity index (χ1) is 5.86. The van der Waals surface area contributed by atoms with Crippen LogP contribution in [0.4, 0.5) is 0 Å². The zero-order valence-electron chi connectivity index (χ0n) is 6.54. The molecule has 0 spiro atoms. The molecule has 12 heavy (non-hydrogen) atoms. The van der Waals surface area contributed by atoms with Crippen LogP contribution in [0.5, 0.6) is 0 Å². The Morgan fingerprint density at radius 2 is 2.42 bits per heavy atom. The first kappa shape index (κ1) is 8.57. The summed E-state index contributed by atoms with van der Waals surface area (Å²) in [6, 6.07) is 3.24. The highest BCUT2D eigenvalue weighted by Gasteiger charge is 1.95. The Morgan fingerprint density at radius 1 is 1.58 bits per heavy atom.